The van der Waals surface area contributed by atoms with Crippen LogP contribution >= 0.6 is 0 Å². The summed E-state index contributed by atoms with van der Waals surface area (Å²) in [4.78, 5) is 2.09. The fraction of sp³-hybridized carbons (Fsp3) is 0.238. The molecule has 0 fully saturated rings. The highest BCUT2D eigenvalue weighted by atomic mass is 19.4. The van der Waals surface area contributed by atoms with Crippen LogP contribution in [0.1, 0.15) is 25.1 Å². The normalized spacial score (nSPS) is 11.5. The molecule has 0 aliphatic carbocycles. The Morgan fingerprint density at radius 2 is 1.62 bits per heavy atom. The maximum absolute atomic E-state index is 13.7. The summed E-state index contributed by atoms with van der Waals surface area (Å²) in [6.07, 6.45) is -4.71. The van der Waals surface area contributed by atoms with Gasteiger partial charge in [-0.3, -0.25) is 5.41 Å². The van der Waals surface area contributed by atoms with Crippen LogP contribution in [0.4, 0.5) is 24.7 Å². The summed E-state index contributed by atoms with van der Waals surface area (Å²) >= 11 is 0. The van der Waals surface area contributed by atoms with Crippen LogP contribution in [0.25, 0.3) is 11.1 Å². The molecule has 1 heterocycles. The number of nitrogens with zero attached hydrogens (tertiary/aromatic N) is 3. The van der Waals surface area contributed by atoms with Gasteiger partial charge in [-0.05, 0) is 31.5 Å². The third-order valence-electron chi connectivity index (χ3n) is 4.73. The number of nitrogens with one attached hydrogen (secondary N) is 1. The Morgan fingerprint density at radius 1 is 1.03 bits per heavy atom. The number of nitrogen functional groups attached to an aromatic ring is 1. The van der Waals surface area contributed by atoms with Crippen LogP contribution in [0, 0.1) is 5.41 Å². The van der Waals surface area contributed by atoms with Gasteiger partial charge in [-0.2, -0.15) is 23.0 Å². The van der Waals surface area contributed by atoms with Crippen LogP contribution in [0.5, 0.6) is 0 Å². The first-order chi connectivity index (χ1) is 13.8. The summed E-state index contributed by atoms with van der Waals surface area (Å²) in [5.74, 6) is -0.443. The van der Waals surface area contributed by atoms with E-state index in [0.29, 0.717) is 11.1 Å². The van der Waals surface area contributed by atoms with Crippen LogP contribution in [-0.2, 0) is 6.18 Å². The first-order valence-corrected chi connectivity index (χ1v) is 9.23. The van der Waals surface area contributed by atoms with E-state index in [2.05, 4.69) is 10.00 Å². The van der Waals surface area contributed by atoms with Crippen LogP contribution in [0.15, 0.2) is 54.6 Å². The fourth-order valence-corrected chi connectivity index (χ4v) is 3.23. The van der Waals surface area contributed by atoms with Gasteiger partial charge < -0.3 is 10.6 Å². The van der Waals surface area contributed by atoms with E-state index in [1.165, 1.54) is 0 Å². The molecule has 0 radical (unpaired) electrons. The molecule has 5 nitrogen and oxygen atoms in total. The monoisotopic (exact) mass is 401 g/mol. The van der Waals surface area contributed by atoms with Gasteiger partial charge in [0, 0.05) is 24.3 Å². The van der Waals surface area contributed by atoms with Gasteiger partial charge in [0.15, 0.2) is 11.5 Å². The lowest BCUT2D eigenvalue weighted by Gasteiger charge is -2.21. The molecule has 0 aliphatic rings. The van der Waals surface area contributed by atoms with Crippen LogP contribution in [-0.4, -0.2) is 28.7 Å². The summed E-state index contributed by atoms with van der Waals surface area (Å²) in [5, 5.41) is 11.9. The number of anilines is 2. The number of rotatable bonds is 5. The Kier molecular flexibility index (Phi) is 5.63. The SMILES string of the molecule is CCN(CC)c1ccc(-c2c(C(F)(F)F)nn(C(=N)c3ccccc3)c2N)cc1. The van der Waals surface area contributed by atoms with Gasteiger partial charge in [-0.1, -0.05) is 42.5 Å². The molecule has 0 bridgehead atoms. The molecule has 3 rings (SSSR count). The number of aromatic nitrogens is 2. The summed E-state index contributed by atoms with van der Waals surface area (Å²) < 4.78 is 41.9. The standard InChI is InChI=1S/C21H22F3N5/c1-3-28(4-2)16-12-10-14(11-13-16)17-18(21(22,23)24)27-29(20(17)26)19(25)15-8-6-5-7-9-15/h5-13,25H,3-4,26H2,1-2H3. The summed E-state index contributed by atoms with van der Waals surface area (Å²) in [6.45, 7) is 5.60. The first kappa shape index (κ1) is 20.4. The Hall–Kier alpha value is -3.29. The zero-order valence-corrected chi connectivity index (χ0v) is 16.2. The molecule has 29 heavy (non-hydrogen) atoms. The summed E-state index contributed by atoms with van der Waals surface area (Å²) in [6, 6.07) is 15.1. The topological polar surface area (TPSA) is 70.9 Å². The third kappa shape index (κ3) is 3.96. The Balaban J connectivity index is 2.11. The van der Waals surface area contributed by atoms with Crippen molar-refractivity contribution in [2.24, 2.45) is 0 Å². The number of hydrogen-bond donors (Lipinski definition) is 2. The van der Waals surface area contributed by atoms with Crippen molar-refractivity contribution in [1.29, 1.82) is 5.41 Å². The van der Waals surface area contributed by atoms with E-state index >= 15 is 0 Å². The fourth-order valence-electron chi connectivity index (χ4n) is 3.23. The largest absolute Gasteiger partial charge is 0.435 e. The number of hydrogen-bond acceptors (Lipinski definition) is 4. The van der Waals surface area contributed by atoms with Crippen molar-refractivity contribution in [3.8, 4) is 11.1 Å². The van der Waals surface area contributed by atoms with E-state index in [1.54, 1.807) is 54.6 Å². The molecule has 0 atom stereocenters. The van der Waals surface area contributed by atoms with Crippen molar-refractivity contribution in [3.63, 3.8) is 0 Å². The molecule has 3 N–H and O–H groups in total. The summed E-state index contributed by atoms with van der Waals surface area (Å²) in [7, 11) is 0. The van der Waals surface area contributed by atoms with Crippen molar-refractivity contribution in [2.45, 2.75) is 20.0 Å². The second kappa shape index (κ2) is 7.98. The second-order valence-electron chi connectivity index (χ2n) is 6.45. The van der Waals surface area contributed by atoms with Gasteiger partial charge in [-0.25, -0.2) is 0 Å². The van der Waals surface area contributed by atoms with Crippen molar-refractivity contribution in [3.05, 3.63) is 65.9 Å². The lowest BCUT2D eigenvalue weighted by atomic mass is 10.0. The highest BCUT2D eigenvalue weighted by Gasteiger charge is 2.40. The molecule has 3 aromatic rings. The molecule has 8 heteroatoms. The third-order valence-corrected chi connectivity index (χ3v) is 4.73. The smallest absolute Gasteiger partial charge is 0.383 e. The quantitative estimate of drug-likeness (QED) is 0.473. The lowest BCUT2D eigenvalue weighted by molar-refractivity contribution is -0.140. The summed E-state index contributed by atoms with van der Waals surface area (Å²) in [5.41, 5.74) is 6.38. The molecule has 1 aromatic heterocycles. The molecule has 2 aromatic carbocycles. The van der Waals surface area contributed by atoms with Crippen LogP contribution in [0.3, 0.4) is 0 Å². The molecule has 0 saturated heterocycles. The van der Waals surface area contributed by atoms with Crippen LogP contribution in [0.2, 0.25) is 0 Å². The molecule has 0 saturated carbocycles. The van der Waals surface area contributed by atoms with Crippen molar-refractivity contribution in [2.75, 3.05) is 23.7 Å². The van der Waals surface area contributed by atoms with Gasteiger partial charge in [0.25, 0.3) is 0 Å². The zero-order valence-electron chi connectivity index (χ0n) is 16.2. The van der Waals surface area contributed by atoms with Gasteiger partial charge in [0.05, 0.1) is 5.56 Å². The van der Waals surface area contributed by atoms with E-state index in [9.17, 15) is 13.2 Å². The first-order valence-electron chi connectivity index (χ1n) is 9.23. The van der Waals surface area contributed by atoms with Gasteiger partial charge in [-0.15, -0.1) is 0 Å². The van der Waals surface area contributed by atoms with E-state index in [0.717, 1.165) is 23.5 Å². The van der Waals surface area contributed by atoms with Crippen molar-refractivity contribution < 1.29 is 13.2 Å². The second-order valence-corrected chi connectivity index (χ2v) is 6.45. The Labute approximate surface area is 167 Å². The van der Waals surface area contributed by atoms with Gasteiger partial charge in [0.2, 0.25) is 0 Å². The molecular formula is C21H22F3N5. The molecule has 0 amide bonds. The van der Waals surface area contributed by atoms with Crippen molar-refractivity contribution in [1.82, 2.24) is 9.78 Å². The highest BCUT2D eigenvalue weighted by Crippen LogP contribution is 2.40. The predicted octanol–water partition coefficient (Wildman–Crippen LogP) is 4.87. The number of alkyl halides is 3. The maximum atomic E-state index is 13.7. The maximum Gasteiger partial charge on any atom is 0.435 e. The minimum atomic E-state index is -4.71. The average Bonchev–Trinajstić information content (AvgIpc) is 3.07. The van der Waals surface area contributed by atoms with Crippen molar-refractivity contribution >= 4 is 17.3 Å². The zero-order chi connectivity index (χ0) is 21.2. The van der Waals surface area contributed by atoms with E-state index < -0.39 is 11.9 Å². The van der Waals surface area contributed by atoms with E-state index in [-0.39, 0.29) is 17.2 Å². The Bertz CT molecular complexity index is 988. The van der Waals surface area contributed by atoms with Gasteiger partial charge >= 0.3 is 6.18 Å². The molecule has 0 unspecified atom stereocenters. The molecule has 0 spiro atoms. The molecule has 0 aliphatic heterocycles. The molecule has 152 valence electrons. The van der Waals surface area contributed by atoms with E-state index in [4.69, 9.17) is 11.1 Å². The van der Waals surface area contributed by atoms with E-state index in [1.807, 2.05) is 13.8 Å². The lowest BCUT2D eigenvalue weighted by Crippen LogP contribution is -2.21. The molecular weight excluding hydrogens is 379 g/mol. The Morgan fingerprint density at radius 3 is 2.14 bits per heavy atom. The number of benzene rings is 2. The van der Waals surface area contributed by atoms with Gasteiger partial charge in [0.1, 0.15) is 5.82 Å². The number of halogens is 3. The number of nitrogens with two attached hydrogens (primary N) is 1. The predicted molar refractivity (Wildman–Crippen MR) is 109 cm³/mol. The minimum absolute atomic E-state index is 0.218. The van der Waals surface area contributed by atoms with Crippen LogP contribution < -0.4 is 10.6 Å². The average molecular weight is 401 g/mol. The minimum Gasteiger partial charge on any atom is -0.383 e. The highest BCUT2D eigenvalue weighted by molar-refractivity contribution is 6.00.